The molecule has 2 amide bonds. The highest BCUT2D eigenvalue weighted by Gasteiger charge is 2.14. The van der Waals surface area contributed by atoms with Crippen molar-refractivity contribution < 1.29 is 9.59 Å². The van der Waals surface area contributed by atoms with E-state index < -0.39 is 0 Å². The predicted molar refractivity (Wildman–Crippen MR) is 118 cm³/mol. The van der Waals surface area contributed by atoms with Crippen LogP contribution in [0, 0.1) is 0 Å². The van der Waals surface area contributed by atoms with Crippen LogP contribution < -0.4 is 16.0 Å². The molecule has 0 bridgehead atoms. The second kappa shape index (κ2) is 10.5. The lowest BCUT2D eigenvalue weighted by molar-refractivity contribution is -0.115. The fraction of sp³-hybridized carbons (Fsp3) is 0.217. The Bertz CT molecular complexity index is 926. The summed E-state index contributed by atoms with van der Waals surface area (Å²) >= 11 is 1.65. The molecule has 0 aliphatic heterocycles. The normalized spacial score (nSPS) is 11.6. The summed E-state index contributed by atoms with van der Waals surface area (Å²) in [5, 5.41) is 11.0. The van der Waals surface area contributed by atoms with Crippen molar-refractivity contribution in [3.8, 4) is 0 Å². The third kappa shape index (κ3) is 6.27. The smallest absolute Gasteiger partial charge is 0.253 e. The molecule has 0 saturated heterocycles. The molecule has 1 heterocycles. The number of nitrogens with one attached hydrogen (secondary N) is 3. The van der Waals surface area contributed by atoms with Crippen molar-refractivity contribution in [1.82, 2.24) is 10.6 Å². The van der Waals surface area contributed by atoms with E-state index in [1.54, 1.807) is 35.6 Å². The van der Waals surface area contributed by atoms with Gasteiger partial charge in [-0.25, -0.2) is 0 Å². The maximum absolute atomic E-state index is 12.6. The molecule has 5 nitrogen and oxygen atoms in total. The van der Waals surface area contributed by atoms with Gasteiger partial charge in [-0.3, -0.25) is 9.59 Å². The minimum Gasteiger partial charge on any atom is -0.352 e. The molecule has 0 aliphatic carbocycles. The predicted octanol–water partition coefficient (Wildman–Crippen LogP) is 4.01. The quantitative estimate of drug-likeness (QED) is 0.502. The van der Waals surface area contributed by atoms with E-state index in [2.05, 4.69) is 16.0 Å². The number of carbonyl (C=O) groups is 2. The zero-order valence-corrected chi connectivity index (χ0v) is 17.2. The monoisotopic (exact) mass is 407 g/mol. The van der Waals surface area contributed by atoms with E-state index in [9.17, 15) is 9.59 Å². The molecule has 2 aromatic carbocycles. The molecule has 3 aromatic rings. The molecule has 3 N–H and O–H groups in total. The van der Waals surface area contributed by atoms with Gasteiger partial charge in [-0.1, -0.05) is 48.5 Å². The minimum absolute atomic E-state index is 0.0947. The number of rotatable bonds is 9. The van der Waals surface area contributed by atoms with Crippen LogP contribution >= 0.6 is 11.3 Å². The van der Waals surface area contributed by atoms with Crippen molar-refractivity contribution in [3.05, 3.63) is 88.1 Å². The van der Waals surface area contributed by atoms with Gasteiger partial charge in [0.2, 0.25) is 5.91 Å². The molecule has 0 spiro atoms. The van der Waals surface area contributed by atoms with E-state index in [1.165, 1.54) is 10.4 Å². The van der Waals surface area contributed by atoms with E-state index in [1.807, 2.05) is 54.8 Å². The number of hydrogen-bond donors (Lipinski definition) is 3. The van der Waals surface area contributed by atoms with Crippen LogP contribution in [0.4, 0.5) is 5.69 Å². The zero-order valence-electron chi connectivity index (χ0n) is 16.4. The highest BCUT2D eigenvalue weighted by Crippen LogP contribution is 2.18. The summed E-state index contributed by atoms with van der Waals surface area (Å²) in [6.45, 7) is 2.72. The number of anilines is 1. The minimum atomic E-state index is -0.197. The molecule has 150 valence electrons. The summed E-state index contributed by atoms with van der Waals surface area (Å²) < 4.78 is 0. The Balaban J connectivity index is 1.52. The molecule has 0 fully saturated rings. The average molecular weight is 408 g/mol. The zero-order chi connectivity index (χ0) is 20.5. The van der Waals surface area contributed by atoms with Gasteiger partial charge in [0.1, 0.15) is 0 Å². The van der Waals surface area contributed by atoms with E-state index >= 15 is 0 Å². The van der Waals surface area contributed by atoms with Crippen LogP contribution in [0.3, 0.4) is 0 Å². The van der Waals surface area contributed by atoms with Crippen LogP contribution in [0.2, 0.25) is 0 Å². The highest BCUT2D eigenvalue weighted by molar-refractivity contribution is 7.10. The van der Waals surface area contributed by atoms with E-state index in [0.29, 0.717) is 17.8 Å². The summed E-state index contributed by atoms with van der Waals surface area (Å²) in [4.78, 5) is 26.1. The van der Waals surface area contributed by atoms with E-state index in [-0.39, 0.29) is 24.4 Å². The van der Waals surface area contributed by atoms with E-state index in [0.717, 1.165) is 6.42 Å². The third-order valence-corrected chi connectivity index (χ3v) is 5.58. The van der Waals surface area contributed by atoms with Crippen LogP contribution in [0.15, 0.2) is 72.1 Å². The molecule has 0 radical (unpaired) electrons. The van der Waals surface area contributed by atoms with Crippen LogP contribution in [0.25, 0.3) is 0 Å². The lowest BCUT2D eigenvalue weighted by Gasteiger charge is -2.14. The third-order valence-electron chi connectivity index (χ3n) is 4.53. The van der Waals surface area contributed by atoms with Gasteiger partial charge in [-0.05, 0) is 42.5 Å². The summed E-state index contributed by atoms with van der Waals surface area (Å²) in [6.07, 6.45) is 0.756. The Labute approximate surface area is 175 Å². The van der Waals surface area contributed by atoms with Crippen LogP contribution in [-0.4, -0.2) is 24.9 Å². The van der Waals surface area contributed by atoms with Gasteiger partial charge in [-0.2, -0.15) is 0 Å². The highest BCUT2D eigenvalue weighted by atomic mass is 32.1. The Kier molecular flexibility index (Phi) is 7.55. The molecule has 1 atom stereocenters. The van der Waals surface area contributed by atoms with Gasteiger partial charge < -0.3 is 16.0 Å². The molecular formula is C23H25N3O2S. The van der Waals surface area contributed by atoms with Gasteiger partial charge in [0, 0.05) is 17.5 Å². The Morgan fingerprint density at radius 3 is 2.48 bits per heavy atom. The second-order valence-corrected chi connectivity index (χ2v) is 7.68. The molecule has 0 aliphatic rings. The molecule has 3 rings (SSSR count). The number of para-hydroxylation sites is 1. The second-order valence-electron chi connectivity index (χ2n) is 6.70. The van der Waals surface area contributed by atoms with Crippen LogP contribution in [-0.2, 0) is 11.2 Å². The number of thiophene rings is 1. The number of hydrogen-bond acceptors (Lipinski definition) is 4. The van der Waals surface area contributed by atoms with Crippen LogP contribution in [0.5, 0.6) is 0 Å². The van der Waals surface area contributed by atoms with Gasteiger partial charge in [0.05, 0.1) is 17.8 Å². The molecule has 29 heavy (non-hydrogen) atoms. The molecule has 0 unspecified atom stereocenters. The van der Waals surface area contributed by atoms with Crippen molar-refractivity contribution in [2.75, 3.05) is 18.4 Å². The molecular weight excluding hydrogens is 382 g/mol. The summed E-state index contributed by atoms with van der Waals surface area (Å²) in [6, 6.07) is 21.2. The largest absolute Gasteiger partial charge is 0.352 e. The lowest BCUT2D eigenvalue weighted by Crippen LogP contribution is -2.31. The summed E-state index contributed by atoms with van der Waals surface area (Å²) in [5.41, 5.74) is 2.14. The fourth-order valence-electron chi connectivity index (χ4n) is 2.93. The first-order chi connectivity index (χ1) is 14.1. The van der Waals surface area contributed by atoms with Crippen molar-refractivity contribution in [2.45, 2.75) is 19.4 Å². The molecule has 0 saturated carbocycles. The maximum atomic E-state index is 12.6. The summed E-state index contributed by atoms with van der Waals surface area (Å²) in [5.74, 6) is -0.380. The van der Waals surface area contributed by atoms with Gasteiger partial charge in [-0.15, -0.1) is 11.3 Å². The van der Waals surface area contributed by atoms with E-state index in [4.69, 9.17) is 0 Å². The average Bonchev–Trinajstić information content (AvgIpc) is 3.28. The summed E-state index contributed by atoms with van der Waals surface area (Å²) in [7, 11) is 0. The number of amides is 2. The van der Waals surface area contributed by atoms with Crippen molar-refractivity contribution in [1.29, 1.82) is 0 Å². The van der Waals surface area contributed by atoms with Crippen molar-refractivity contribution in [2.24, 2.45) is 0 Å². The standard InChI is InChI=1S/C23H25N3O2S/c1-17(21-12-7-15-29-21)25-16-22(27)26-20-11-6-5-10-19(20)23(28)24-14-13-18-8-3-2-4-9-18/h2-12,15,17,25H,13-14,16H2,1H3,(H,24,28)(H,26,27)/t17-/m1/s1. The van der Waals surface area contributed by atoms with Crippen LogP contribution in [0.1, 0.15) is 33.8 Å². The number of carbonyl (C=O) groups excluding carboxylic acids is 2. The fourth-order valence-corrected chi connectivity index (χ4v) is 3.69. The van der Waals surface area contributed by atoms with Crippen molar-refractivity contribution >= 4 is 28.8 Å². The Morgan fingerprint density at radius 2 is 1.72 bits per heavy atom. The van der Waals surface area contributed by atoms with Gasteiger partial charge in [0.15, 0.2) is 0 Å². The Hall–Kier alpha value is -2.96. The first-order valence-electron chi connectivity index (χ1n) is 9.61. The number of benzene rings is 2. The van der Waals surface area contributed by atoms with Crippen molar-refractivity contribution in [3.63, 3.8) is 0 Å². The SMILES string of the molecule is C[C@@H](NCC(=O)Nc1ccccc1C(=O)NCCc1ccccc1)c1cccs1. The maximum Gasteiger partial charge on any atom is 0.253 e. The topological polar surface area (TPSA) is 70.2 Å². The lowest BCUT2D eigenvalue weighted by atomic mass is 10.1. The van der Waals surface area contributed by atoms with Gasteiger partial charge in [0.25, 0.3) is 5.91 Å². The van der Waals surface area contributed by atoms with Gasteiger partial charge >= 0.3 is 0 Å². The Morgan fingerprint density at radius 1 is 0.966 bits per heavy atom. The first kappa shape index (κ1) is 20.8. The first-order valence-corrected chi connectivity index (χ1v) is 10.5. The molecule has 1 aromatic heterocycles. The molecule has 6 heteroatoms.